The highest BCUT2D eigenvalue weighted by atomic mass is 16.6. The number of carbonyl (C=O) groups is 2. The largest absolute Gasteiger partial charge is 0.444 e. The van der Waals surface area contributed by atoms with Crippen LogP contribution in [0.4, 0.5) is 4.79 Å². The van der Waals surface area contributed by atoms with Gasteiger partial charge in [0.1, 0.15) is 11.4 Å². The normalized spacial score (nSPS) is 30.4. The number of ketones is 1. The van der Waals surface area contributed by atoms with Crippen molar-refractivity contribution < 1.29 is 14.3 Å². The van der Waals surface area contributed by atoms with Gasteiger partial charge in [-0.1, -0.05) is 6.08 Å². The van der Waals surface area contributed by atoms with Gasteiger partial charge < -0.3 is 9.64 Å². The molecule has 0 spiro atoms. The maximum absolute atomic E-state index is 12.0. The van der Waals surface area contributed by atoms with E-state index in [9.17, 15) is 9.59 Å². The van der Waals surface area contributed by atoms with Gasteiger partial charge in [0.15, 0.2) is 0 Å². The third-order valence-corrected chi connectivity index (χ3v) is 3.96. The topological polar surface area (TPSA) is 46.6 Å². The zero-order valence-corrected chi connectivity index (χ0v) is 12.0. The molecule has 4 heteroatoms. The quantitative estimate of drug-likeness (QED) is 0.721. The minimum atomic E-state index is -0.467. The third kappa shape index (κ3) is 2.99. The van der Waals surface area contributed by atoms with Crippen molar-refractivity contribution in [3.63, 3.8) is 0 Å². The molecular weight excluding hydrogens is 242 g/mol. The zero-order chi connectivity index (χ0) is 14.2. The summed E-state index contributed by atoms with van der Waals surface area (Å²) in [6.45, 7) is 10.6. The Morgan fingerprint density at radius 1 is 1.47 bits per heavy atom. The summed E-state index contributed by atoms with van der Waals surface area (Å²) >= 11 is 0. The van der Waals surface area contributed by atoms with Gasteiger partial charge in [0.2, 0.25) is 0 Å². The van der Waals surface area contributed by atoms with Crippen molar-refractivity contribution >= 4 is 11.9 Å². The van der Waals surface area contributed by atoms with E-state index in [0.29, 0.717) is 31.2 Å². The van der Waals surface area contributed by atoms with Gasteiger partial charge >= 0.3 is 6.09 Å². The predicted octanol–water partition coefficient (Wildman–Crippen LogP) is 2.63. The first-order valence-corrected chi connectivity index (χ1v) is 6.93. The summed E-state index contributed by atoms with van der Waals surface area (Å²) < 4.78 is 5.39. The fourth-order valence-corrected chi connectivity index (χ4v) is 3.18. The monoisotopic (exact) mass is 265 g/mol. The molecule has 0 radical (unpaired) electrons. The molecular formula is C15H23NO3. The lowest BCUT2D eigenvalue weighted by molar-refractivity contribution is -0.121. The van der Waals surface area contributed by atoms with Crippen molar-refractivity contribution in [2.45, 2.75) is 39.2 Å². The average Bonchev–Trinajstić information content (AvgIpc) is 2.77. The van der Waals surface area contributed by atoms with Crippen LogP contribution in [0.5, 0.6) is 0 Å². The van der Waals surface area contributed by atoms with E-state index < -0.39 is 5.60 Å². The molecule has 0 aromatic heterocycles. The van der Waals surface area contributed by atoms with Gasteiger partial charge in [-0.25, -0.2) is 4.79 Å². The molecule has 1 aliphatic carbocycles. The van der Waals surface area contributed by atoms with E-state index in [1.807, 2.05) is 20.8 Å². The van der Waals surface area contributed by atoms with Crippen LogP contribution < -0.4 is 0 Å². The summed E-state index contributed by atoms with van der Waals surface area (Å²) in [5, 5.41) is 0. The summed E-state index contributed by atoms with van der Waals surface area (Å²) in [5.41, 5.74) is -0.467. The molecule has 0 unspecified atom stereocenters. The smallest absolute Gasteiger partial charge is 0.410 e. The van der Waals surface area contributed by atoms with Crippen LogP contribution in [0.25, 0.3) is 0 Å². The van der Waals surface area contributed by atoms with E-state index in [1.165, 1.54) is 0 Å². The third-order valence-electron chi connectivity index (χ3n) is 3.96. The lowest BCUT2D eigenvalue weighted by Gasteiger charge is -2.25. The SMILES string of the molecule is C=CC[C@H]1C(=O)C[C@H]2CN(C(=O)OC(C)(C)C)C[C@H]21. The van der Waals surface area contributed by atoms with Gasteiger partial charge in [0.05, 0.1) is 0 Å². The molecule has 1 aliphatic heterocycles. The van der Waals surface area contributed by atoms with Crippen molar-refractivity contribution in [3.05, 3.63) is 12.7 Å². The number of carbonyl (C=O) groups excluding carboxylic acids is 2. The summed E-state index contributed by atoms with van der Waals surface area (Å²) in [6.07, 6.45) is 2.87. The highest BCUT2D eigenvalue weighted by Crippen LogP contribution is 2.42. The number of allylic oxidation sites excluding steroid dienone is 1. The van der Waals surface area contributed by atoms with Crippen LogP contribution in [0.3, 0.4) is 0 Å². The Bertz CT molecular complexity index is 397. The molecule has 0 bridgehead atoms. The van der Waals surface area contributed by atoms with Gasteiger partial charge in [-0.3, -0.25) is 4.79 Å². The van der Waals surface area contributed by atoms with Gasteiger partial charge in [-0.05, 0) is 39.0 Å². The highest BCUT2D eigenvalue weighted by Gasteiger charge is 2.48. The second kappa shape index (κ2) is 4.99. The zero-order valence-electron chi connectivity index (χ0n) is 12.0. The molecule has 0 aromatic carbocycles. The molecule has 106 valence electrons. The first-order valence-electron chi connectivity index (χ1n) is 6.93. The Kier molecular flexibility index (Phi) is 3.70. The van der Waals surface area contributed by atoms with Crippen molar-refractivity contribution in [2.75, 3.05) is 13.1 Å². The second-order valence-corrected chi connectivity index (χ2v) is 6.61. The van der Waals surface area contributed by atoms with E-state index in [4.69, 9.17) is 4.74 Å². The molecule has 1 amide bonds. The minimum absolute atomic E-state index is 0.0509. The van der Waals surface area contributed by atoms with E-state index in [2.05, 4.69) is 6.58 Å². The summed E-state index contributed by atoms with van der Waals surface area (Å²) in [6, 6.07) is 0. The fraction of sp³-hybridized carbons (Fsp3) is 0.733. The van der Waals surface area contributed by atoms with Crippen LogP contribution in [0.15, 0.2) is 12.7 Å². The molecule has 2 rings (SSSR count). The van der Waals surface area contributed by atoms with E-state index >= 15 is 0 Å². The Balaban J connectivity index is 1.99. The molecule has 0 N–H and O–H groups in total. The summed E-state index contributed by atoms with van der Waals surface area (Å²) in [7, 11) is 0. The Labute approximate surface area is 114 Å². The molecule has 3 atom stereocenters. The number of rotatable bonds is 2. The standard InChI is InChI=1S/C15H23NO3/c1-5-6-11-12-9-16(8-10(12)7-13(11)17)14(18)19-15(2,3)4/h5,10-12H,1,6-9H2,2-4H3/t10-,11+,12+/m0/s1. The first-order chi connectivity index (χ1) is 8.81. The Morgan fingerprint density at radius 2 is 2.16 bits per heavy atom. The molecule has 1 saturated heterocycles. The maximum Gasteiger partial charge on any atom is 0.410 e. The predicted molar refractivity (Wildman–Crippen MR) is 72.7 cm³/mol. The van der Waals surface area contributed by atoms with Gasteiger partial charge in [-0.15, -0.1) is 6.58 Å². The van der Waals surface area contributed by atoms with Crippen molar-refractivity contribution in [1.82, 2.24) is 4.90 Å². The van der Waals surface area contributed by atoms with Crippen LogP contribution in [-0.4, -0.2) is 35.5 Å². The molecule has 2 aliphatic rings. The van der Waals surface area contributed by atoms with E-state index in [1.54, 1.807) is 11.0 Å². The molecule has 1 heterocycles. The maximum atomic E-state index is 12.0. The van der Waals surface area contributed by atoms with E-state index in [0.717, 1.165) is 6.42 Å². The minimum Gasteiger partial charge on any atom is -0.444 e. The Hall–Kier alpha value is -1.32. The second-order valence-electron chi connectivity index (χ2n) is 6.61. The van der Waals surface area contributed by atoms with Crippen LogP contribution in [-0.2, 0) is 9.53 Å². The number of hydrogen-bond acceptors (Lipinski definition) is 3. The van der Waals surface area contributed by atoms with Crippen LogP contribution in [0, 0.1) is 17.8 Å². The van der Waals surface area contributed by atoms with Crippen LogP contribution >= 0.6 is 0 Å². The van der Waals surface area contributed by atoms with Crippen molar-refractivity contribution in [1.29, 1.82) is 0 Å². The lowest BCUT2D eigenvalue weighted by atomic mass is 9.90. The summed E-state index contributed by atoms with van der Waals surface area (Å²) in [4.78, 5) is 25.7. The first kappa shape index (κ1) is 14.1. The number of fused-ring (bicyclic) bond motifs is 1. The molecule has 0 aromatic rings. The number of nitrogens with zero attached hydrogens (tertiary/aromatic N) is 1. The fourth-order valence-electron chi connectivity index (χ4n) is 3.18. The summed E-state index contributed by atoms with van der Waals surface area (Å²) in [5.74, 6) is 0.983. The molecule has 19 heavy (non-hydrogen) atoms. The van der Waals surface area contributed by atoms with Gasteiger partial charge in [-0.2, -0.15) is 0 Å². The lowest BCUT2D eigenvalue weighted by Crippen LogP contribution is -2.36. The van der Waals surface area contributed by atoms with Gasteiger partial charge in [0.25, 0.3) is 0 Å². The molecule has 4 nitrogen and oxygen atoms in total. The van der Waals surface area contributed by atoms with Crippen LogP contribution in [0.1, 0.15) is 33.6 Å². The molecule has 2 fully saturated rings. The Morgan fingerprint density at radius 3 is 2.74 bits per heavy atom. The van der Waals surface area contributed by atoms with E-state index in [-0.39, 0.29) is 17.9 Å². The average molecular weight is 265 g/mol. The number of ether oxygens (including phenoxy) is 1. The van der Waals surface area contributed by atoms with Crippen LogP contribution in [0.2, 0.25) is 0 Å². The van der Waals surface area contributed by atoms with Gasteiger partial charge in [0, 0.05) is 25.4 Å². The number of hydrogen-bond donors (Lipinski definition) is 0. The number of likely N-dealkylation sites (tertiary alicyclic amines) is 1. The highest BCUT2D eigenvalue weighted by molar-refractivity contribution is 5.84. The van der Waals surface area contributed by atoms with Crippen molar-refractivity contribution in [3.8, 4) is 0 Å². The van der Waals surface area contributed by atoms with Crippen molar-refractivity contribution in [2.24, 2.45) is 17.8 Å². The number of amides is 1. The molecule has 1 saturated carbocycles. The number of Topliss-reactive ketones (excluding diaryl/α,β-unsaturated/α-hetero) is 1.